The molecule has 0 aliphatic carbocycles. The summed E-state index contributed by atoms with van der Waals surface area (Å²) >= 11 is 0. The van der Waals surface area contributed by atoms with E-state index >= 15 is 0 Å². The second kappa shape index (κ2) is 9.30. The molecule has 176 valence electrons. The number of Topliss-reactive ketones (excluding diaryl/α,β-unsaturated/α-hetero) is 1. The van der Waals surface area contributed by atoms with E-state index in [0.29, 0.717) is 40.7 Å². The van der Waals surface area contributed by atoms with E-state index in [2.05, 4.69) is 5.16 Å². The fraction of sp³-hybridized carbons (Fsp3) is 0.240. The summed E-state index contributed by atoms with van der Waals surface area (Å²) in [6.45, 7) is 4.04. The van der Waals surface area contributed by atoms with Gasteiger partial charge in [0, 0.05) is 11.6 Å². The van der Waals surface area contributed by atoms with Gasteiger partial charge in [0.15, 0.2) is 17.3 Å². The van der Waals surface area contributed by atoms with Crippen LogP contribution < -0.4 is 19.1 Å². The van der Waals surface area contributed by atoms with Crippen LogP contribution in [-0.4, -0.2) is 42.8 Å². The van der Waals surface area contributed by atoms with Crippen molar-refractivity contribution in [3.05, 3.63) is 71.0 Å². The molecule has 2 heterocycles. The van der Waals surface area contributed by atoms with E-state index < -0.39 is 17.7 Å². The molecule has 1 aliphatic heterocycles. The van der Waals surface area contributed by atoms with Gasteiger partial charge in [0.25, 0.3) is 5.78 Å². The summed E-state index contributed by atoms with van der Waals surface area (Å²) in [5.41, 5.74) is 0.801. The Labute approximate surface area is 196 Å². The van der Waals surface area contributed by atoms with Crippen molar-refractivity contribution < 1.29 is 33.4 Å². The van der Waals surface area contributed by atoms with Crippen LogP contribution in [0.5, 0.6) is 17.2 Å². The number of aromatic nitrogens is 1. The molecule has 9 nitrogen and oxygen atoms in total. The van der Waals surface area contributed by atoms with Gasteiger partial charge >= 0.3 is 5.91 Å². The van der Waals surface area contributed by atoms with Crippen molar-refractivity contribution in [3.63, 3.8) is 0 Å². The van der Waals surface area contributed by atoms with E-state index in [9.17, 15) is 14.7 Å². The number of ketones is 1. The third kappa shape index (κ3) is 3.96. The Hall–Kier alpha value is -4.27. The number of nitrogens with zero attached hydrogens (tertiary/aromatic N) is 2. The SMILES string of the molecule is CCOc1ccc(C(O)=C2C(=O)C(=O)N(c3cc(C)on3)[C@H]2c2ccc(OC)c(OC)c2)cc1. The van der Waals surface area contributed by atoms with Gasteiger partial charge in [0.1, 0.15) is 17.3 Å². The van der Waals surface area contributed by atoms with Gasteiger partial charge in [-0.25, -0.2) is 0 Å². The molecule has 0 saturated carbocycles. The maximum absolute atomic E-state index is 13.2. The van der Waals surface area contributed by atoms with Crippen molar-refractivity contribution in [2.45, 2.75) is 19.9 Å². The highest BCUT2D eigenvalue weighted by Crippen LogP contribution is 2.44. The first kappa shape index (κ1) is 22.9. The Morgan fingerprint density at radius 3 is 2.35 bits per heavy atom. The Kier molecular flexibility index (Phi) is 6.27. The zero-order chi connectivity index (χ0) is 24.4. The maximum atomic E-state index is 13.2. The fourth-order valence-corrected chi connectivity index (χ4v) is 3.91. The normalized spacial score (nSPS) is 17.2. The zero-order valence-corrected chi connectivity index (χ0v) is 19.2. The fourth-order valence-electron chi connectivity index (χ4n) is 3.91. The third-order valence-corrected chi connectivity index (χ3v) is 5.47. The maximum Gasteiger partial charge on any atom is 0.301 e. The molecule has 0 spiro atoms. The number of carbonyl (C=O) groups excluding carboxylic acids is 2. The molecule has 0 unspecified atom stereocenters. The number of carbonyl (C=O) groups is 2. The van der Waals surface area contributed by atoms with Crippen LogP contribution in [0.25, 0.3) is 5.76 Å². The van der Waals surface area contributed by atoms with Crippen LogP contribution in [0.4, 0.5) is 5.82 Å². The summed E-state index contributed by atoms with van der Waals surface area (Å²) in [5, 5.41) is 15.1. The summed E-state index contributed by atoms with van der Waals surface area (Å²) in [7, 11) is 2.99. The molecular formula is C25H24N2O7. The summed E-state index contributed by atoms with van der Waals surface area (Å²) in [6.07, 6.45) is 0. The molecule has 1 N–H and O–H groups in total. The second-order valence-corrected chi connectivity index (χ2v) is 7.54. The summed E-state index contributed by atoms with van der Waals surface area (Å²) in [5.74, 6) is 0.139. The Balaban J connectivity index is 1.91. The number of hydrogen-bond acceptors (Lipinski definition) is 8. The molecular weight excluding hydrogens is 440 g/mol. The molecule has 0 bridgehead atoms. The summed E-state index contributed by atoms with van der Waals surface area (Å²) in [4.78, 5) is 27.5. The number of aliphatic hydroxyl groups is 1. The molecule has 1 saturated heterocycles. The van der Waals surface area contributed by atoms with Crippen LogP contribution in [0.3, 0.4) is 0 Å². The number of rotatable bonds is 7. The lowest BCUT2D eigenvalue weighted by Crippen LogP contribution is -2.29. The topological polar surface area (TPSA) is 111 Å². The molecule has 3 aromatic rings. The van der Waals surface area contributed by atoms with E-state index in [1.807, 2.05) is 6.92 Å². The number of methoxy groups -OCH3 is 2. The van der Waals surface area contributed by atoms with Gasteiger partial charge < -0.3 is 23.8 Å². The first-order valence-electron chi connectivity index (χ1n) is 10.6. The van der Waals surface area contributed by atoms with E-state index in [0.717, 1.165) is 0 Å². The van der Waals surface area contributed by atoms with Gasteiger partial charge in [-0.05, 0) is 55.8 Å². The molecule has 0 radical (unpaired) electrons. The number of anilines is 1. The van der Waals surface area contributed by atoms with E-state index in [1.54, 1.807) is 55.5 Å². The molecule has 2 aromatic carbocycles. The Bertz CT molecular complexity index is 1260. The molecule has 4 rings (SSSR count). The van der Waals surface area contributed by atoms with Gasteiger partial charge in [-0.2, -0.15) is 0 Å². The highest BCUT2D eigenvalue weighted by atomic mass is 16.5. The van der Waals surface area contributed by atoms with Crippen LogP contribution in [0.2, 0.25) is 0 Å². The Morgan fingerprint density at radius 2 is 1.76 bits per heavy atom. The number of benzene rings is 2. The third-order valence-electron chi connectivity index (χ3n) is 5.47. The molecule has 1 aromatic heterocycles. The van der Waals surface area contributed by atoms with E-state index in [-0.39, 0.29) is 17.2 Å². The lowest BCUT2D eigenvalue weighted by atomic mass is 9.95. The minimum atomic E-state index is -0.976. The lowest BCUT2D eigenvalue weighted by Gasteiger charge is -2.23. The summed E-state index contributed by atoms with van der Waals surface area (Å²) < 4.78 is 21.3. The van der Waals surface area contributed by atoms with Crippen LogP contribution in [-0.2, 0) is 9.59 Å². The molecule has 1 amide bonds. The second-order valence-electron chi connectivity index (χ2n) is 7.54. The largest absolute Gasteiger partial charge is 0.507 e. The quantitative estimate of drug-likeness (QED) is 0.317. The van der Waals surface area contributed by atoms with Gasteiger partial charge in [0.05, 0.1) is 32.4 Å². The van der Waals surface area contributed by atoms with Crippen molar-refractivity contribution in [2.75, 3.05) is 25.7 Å². The smallest absolute Gasteiger partial charge is 0.301 e. The van der Waals surface area contributed by atoms with Crippen molar-refractivity contribution >= 4 is 23.3 Å². The van der Waals surface area contributed by atoms with Crippen LogP contribution in [0.15, 0.2) is 58.6 Å². The van der Waals surface area contributed by atoms with Gasteiger partial charge in [-0.3, -0.25) is 14.5 Å². The highest BCUT2D eigenvalue weighted by Gasteiger charge is 2.48. The van der Waals surface area contributed by atoms with Gasteiger partial charge in [-0.1, -0.05) is 11.2 Å². The number of hydrogen-bond donors (Lipinski definition) is 1. The predicted octanol–water partition coefficient (Wildman–Crippen LogP) is 4.03. The molecule has 34 heavy (non-hydrogen) atoms. The number of ether oxygens (including phenoxy) is 3. The van der Waals surface area contributed by atoms with Crippen molar-refractivity contribution in [1.82, 2.24) is 5.16 Å². The molecule has 9 heteroatoms. The standard InChI is InChI=1S/C25H24N2O7/c1-5-33-17-9-6-15(7-10-17)23(28)21-22(16-8-11-18(31-3)19(13-16)32-4)27(25(30)24(21)29)20-12-14(2)34-26-20/h6-13,22,28H,5H2,1-4H3/t22-/m0/s1. The van der Waals surface area contributed by atoms with Gasteiger partial charge in [0.2, 0.25) is 0 Å². The van der Waals surface area contributed by atoms with Crippen molar-refractivity contribution in [2.24, 2.45) is 0 Å². The number of amides is 1. The minimum Gasteiger partial charge on any atom is -0.507 e. The number of aryl methyl sites for hydroxylation is 1. The predicted molar refractivity (Wildman–Crippen MR) is 123 cm³/mol. The minimum absolute atomic E-state index is 0.0815. The van der Waals surface area contributed by atoms with Gasteiger partial charge in [-0.15, -0.1) is 0 Å². The highest BCUT2D eigenvalue weighted by molar-refractivity contribution is 6.51. The Morgan fingerprint density at radius 1 is 1.06 bits per heavy atom. The van der Waals surface area contributed by atoms with E-state index in [1.165, 1.54) is 19.1 Å². The molecule has 1 fully saturated rings. The first-order valence-corrected chi connectivity index (χ1v) is 10.6. The molecule has 1 atom stereocenters. The molecule has 1 aliphatic rings. The summed E-state index contributed by atoms with van der Waals surface area (Å²) in [6, 6.07) is 12.2. The van der Waals surface area contributed by atoms with Crippen molar-refractivity contribution in [1.29, 1.82) is 0 Å². The van der Waals surface area contributed by atoms with Crippen molar-refractivity contribution in [3.8, 4) is 17.2 Å². The monoisotopic (exact) mass is 464 g/mol. The van der Waals surface area contributed by atoms with E-state index in [4.69, 9.17) is 18.7 Å². The van der Waals surface area contributed by atoms with Crippen LogP contribution in [0, 0.1) is 6.92 Å². The average Bonchev–Trinajstić information content (AvgIpc) is 3.39. The first-order chi connectivity index (χ1) is 16.4. The number of aliphatic hydroxyl groups excluding tert-OH is 1. The zero-order valence-electron chi connectivity index (χ0n) is 19.2. The lowest BCUT2D eigenvalue weighted by molar-refractivity contribution is -0.132. The van der Waals surface area contributed by atoms with Crippen LogP contribution in [0.1, 0.15) is 29.9 Å². The van der Waals surface area contributed by atoms with Crippen LogP contribution >= 0.6 is 0 Å². The average molecular weight is 464 g/mol.